The van der Waals surface area contributed by atoms with E-state index in [1.165, 1.54) is 31.4 Å². The second-order valence-corrected chi connectivity index (χ2v) is 3.60. The highest BCUT2D eigenvalue weighted by Crippen LogP contribution is 2.24. The van der Waals surface area contributed by atoms with Gasteiger partial charge in [0.25, 0.3) is 5.69 Å². The summed E-state index contributed by atoms with van der Waals surface area (Å²) in [6, 6.07) is 7.25. The topological polar surface area (TPSA) is 113 Å². The monoisotopic (exact) mass is 262 g/mol. The summed E-state index contributed by atoms with van der Waals surface area (Å²) in [5.41, 5.74) is 5.71. The van der Waals surface area contributed by atoms with Crippen LogP contribution in [0.1, 0.15) is 10.5 Å². The molecule has 2 N–H and O–H groups in total. The number of benzene rings is 1. The maximum absolute atomic E-state index is 11.3. The van der Waals surface area contributed by atoms with Gasteiger partial charge in [0.1, 0.15) is 11.5 Å². The lowest BCUT2D eigenvalue weighted by atomic mass is 10.3. The van der Waals surface area contributed by atoms with Crippen molar-refractivity contribution in [2.75, 3.05) is 12.8 Å². The predicted octanol–water partition coefficient (Wildman–Crippen LogP) is 1.15. The van der Waals surface area contributed by atoms with E-state index in [0.717, 1.165) is 4.68 Å². The van der Waals surface area contributed by atoms with Gasteiger partial charge in [0.2, 0.25) is 0 Å². The molecule has 8 nitrogen and oxygen atoms in total. The van der Waals surface area contributed by atoms with Crippen molar-refractivity contribution in [3.8, 4) is 5.69 Å². The standard InChI is InChI=1S/C11H10N4O4/c1-19-11(16)7-6-10(12)14(13-7)8-4-2-3-5-9(8)15(17)18/h2-6H,12H2,1H3. The molecule has 0 aliphatic heterocycles. The number of nitro benzene ring substituents is 1. The highest BCUT2D eigenvalue weighted by molar-refractivity contribution is 5.88. The van der Waals surface area contributed by atoms with Gasteiger partial charge in [-0.25, -0.2) is 9.48 Å². The van der Waals surface area contributed by atoms with Gasteiger partial charge in [-0.2, -0.15) is 5.10 Å². The summed E-state index contributed by atoms with van der Waals surface area (Å²) in [6.07, 6.45) is 0. The number of para-hydroxylation sites is 2. The van der Waals surface area contributed by atoms with Crippen LogP contribution in [0.3, 0.4) is 0 Å². The Labute approximate surface area is 107 Å². The van der Waals surface area contributed by atoms with Crippen LogP contribution < -0.4 is 5.73 Å². The molecule has 19 heavy (non-hydrogen) atoms. The van der Waals surface area contributed by atoms with E-state index in [9.17, 15) is 14.9 Å². The summed E-state index contributed by atoms with van der Waals surface area (Å²) < 4.78 is 5.64. The number of aromatic nitrogens is 2. The van der Waals surface area contributed by atoms with Crippen molar-refractivity contribution in [2.24, 2.45) is 0 Å². The van der Waals surface area contributed by atoms with Crippen LogP contribution in [-0.4, -0.2) is 27.8 Å². The largest absolute Gasteiger partial charge is 0.464 e. The van der Waals surface area contributed by atoms with Crippen molar-refractivity contribution < 1.29 is 14.5 Å². The van der Waals surface area contributed by atoms with Crippen molar-refractivity contribution >= 4 is 17.5 Å². The first-order valence-corrected chi connectivity index (χ1v) is 5.22. The number of carbonyl (C=O) groups is 1. The number of nitro groups is 1. The van der Waals surface area contributed by atoms with Crippen LogP contribution in [0, 0.1) is 10.1 Å². The van der Waals surface area contributed by atoms with Gasteiger partial charge in [0.05, 0.1) is 12.0 Å². The number of hydrogen-bond acceptors (Lipinski definition) is 6. The number of methoxy groups -OCH3 is 1. The first-order chi connectivity index (χ1) is 9.04. The molecule has 1 heterocycles. The molecule has 0 atom stereocenters. The number of nitrogen functional groups attached to an aromatic ring is 1. The van der Waals surface area contributed by atoms with Gasteiger partial charge in [0, 0.05) is 12.1 Å². The van der Waals surface area contributed by atoms with E-state index >= 15 is 0 Å². The molecule has 0 amide bonds. The molecule has 0 saturated heterocycles. The SMILES string of the molecule is COC(=O)c1cc(N)n(-c2ccccc2[N+](=O)[O-])n1. The highest BCUT2D eigenvalue weighted by Gasteiger charge is 2.20. The molecule has 0 aliphatic carbocycles. The van der Waals surface area contributed by atoms with E-state index in [-0.39, 0.29) is 22.9 Å². The molecule has 0 fully saturated rings. The smallest absolute Gasteiger partial charge is 0.358 e. The van der Waals surface area contributed by atoms with Crippen LogP contribution >= 0.6 is 0 Å². The van der Waals surface area contributed by atoms with E-state index in [0.29, 0.717) is 0 Å². The fraction of sp³-hybridized carbons (Fsp3) is 0.0909. The first kappa shape index (κ1) is 12.6. The Morgan fingerprint density at radius 2 is 2.16 bits per heavy atom. The Balaban J connectivity index is 2.57. The van der Waals surface area contributed by atoms with Crippen LogP contribution in [0.2, 0.25) is 0 Å². The molecule has 2 aromatic rings. The quantitative estimate of drug-likeness (QED) is 0.504. The van der Waals surface area contributed by atoms with Gasteiger partial charge in [-0.05, 0) is 6.07 Å². The molecule has 0 bridgehead atoms. The number of rotatable bonds is 3. The molecule has 8 heteroatoms. The molecule has 0 radical (unpaired) electrons. The molecule has 2 rings (SSSR count). The number of nitrogens with zero attached hydrogens (tertiary/aromatic N) is 3. The zero-order valence-electron chi connectivity index (χ0n) is 9.94. The Morgan fingerprint density at radius 3 is 2.79 bits per heavy atom. The number of anilines is 1. The average molecular weight is 262 g/mol. The van der Waals surface area contributed by atoms with Crippen molar-refractivity contribution in [3.05, 3.63) is 46.1 Å². The third-order valence-electron chi connectivity index (χ3n) is 2.44. The third-order valence-corrected chi connectivity index (χ3v) is 2.44. The molecule has 0 unspecified atom stereocenters. The fourth-order valence-electron chi connectivity index (χ4n) is 1.59. The lowest BCUT2D eigenvalue weighted by Gasteiger charge is -2.04. The number of carbonyl (C=O) groups excluding carboxylic acids is 1. The second kappa shape index (κ2) is 4.77. The number of ether oxygens (including phenoxy) is 1. The Bertz CT molecular complexity index is 650. The zero-order chi connectivity index (χ0) is 14.0. The minimum Gasteiger partial charge on any atom is -0.464 e. The van der Waals surface area contributed by atoms with Crippen molar-refractivity contribution in [1.29, 1.82) is 0 Å². The minimum atomic E-state index is -0.663. The zero-order valence-corrected chi connectivity index (χ0v) is 9.94. The Kier molecular flexibility index (Phi) is 3.15. The molecule has 0 saturated carbocycles. The number of nitrogens with two attached hydrogens (primary N) is 1. The number of hydrogen-bond donors (Lipinski definition) is 1. The summed E-state index contributed by atoms with van der Waals surface area (Å²) in [5, 5.41) is 14.8. The summed E-state index contributed by atoms with van der Waals surface area (Å²) in [7, 11) is 1.21. The summed E-state index contributed by atoms with van der Waals surface area (Å²) in [4.78, 5) is 21.7. The van der Waals surface area contributed by atoms with E-state index < -0.39 is 10.9 Å². The molecule has 98 valence electrons. The summed E-state index contributed by atoms with van der Waals surface area (Å²) >= 11 is 0. The molecular weight excluding hydrogens is 252 g/mol. The summed E-state index contributed by atoms with van der Waals surface area (Å²) in [6.45, 7) is 0. The van der Waals surface area contributed by atoms with Crippen LogP contribution in [-0.2, 0) is 4.74 Å². The Hall–Kier alpha value is -2.90. The van der Waals surface area contributed by atoms with Crippen molar-refractivity contribution in [1.82, 2.24) is 9.78 Å². The van der Waals surface area contributed by atoms with Gasteiger partial charge in [0.15, 0.2) is 5.69 Å². The summed E-state index contributed by atoms with van der Waals surface area (Å²) in [5.74, 6) is -0.557. The van der Waals surface area contributed by atoms with Crippen molar-refractivity contribution in [3.63, 3.8) is 0 Å². The van der Waals surface area contributed by atoms with Crippen molar-refractivity contribution in [2.45, 2.75) is 0 Å². The van der Waals surface area contributed by atoms with E-state index in [1.54, 1.807) is 6.07 Å². The van der Waals surface area contributed by atoms with Crippen LogP contribution in [0.15, 0.2) is 30.3 Å². The highest BCUT2D eigenvalue weighted by atomic mass is 16.6. The van der Waals surface area contributed by atoms with Gasteiger partial charge >= 0.3 is 5.97 Å². The minimum absolute atomic E-state index is 0.0156. The van der Waals surface area contributed by atoms with E-state index in [2.05, 4.69) is 9.84 Å². The van der Waals surface area contributed by atoms with Gasteiger partial charge in [-0.15, -0.1) is 0 Å². The molecule has 1 aromatic carbocycles. The normalized spacial score (nSPS) is 10.2. The van der Waals surface area contributed by atoms with Crippen LogP contribution in [0.5, 0.6) is 0 Å². The van der Waals surface area contributed by atoms with Gasteiger partial charge in [-0.1, -0.05) is 12.1 Å². The molecule has 0 aliphatic rings. The van der Waals surface area contributed by atoms with Crippen LogP contribution in [0.25, 0.3) is 5.69 Å². The first-order valence-electron chi connectivity index (χ1n) is 5.22. The van der Waals surface area contributed by atoms with Gasteiger partial charge in [-0.3, -0.25) is 10.1 Å². The average Bonchev–Trinajstić information content (AvgIpc) is 2.79. The second-order valence-electron chi connectivity index (χ2n) is 3.60. The molecular formula is C11H10N4O4. The molecule has 0 spiro atoms. The Morgan fingerprint density at radius 1 is 1.47 bits per heavy atom. The lowest BCUT2D eigenvalue weighted by molar-refractivity contribution is -0.384. The van der Waals surface area contributed by atoms with Crippen LogP contribution in [0.4, 0.5) is 11.5 Å². The van der Waals surface area contributed by atoms with E-state index in [4.69, 9.17) is 5.73 Å². The fourth-order valence-corrected chi connectivity index (χ4v) is 1.59. The van der Waals surface area contributed by atoms with Gasteiger partial charge < -0.3 is 10.5 Å². The molecule has 1 aromatic heterocycles. The maximum atomic E-state index is 11.3. The lowest BCUT2D eigenvalue weighted by Crippen LogP contribution is -2.07. The van der Waals surface area contributed by atoms with E-state index in [1.807, 2.05) is 0 Å². The maximum Gasteiger partial charge on any atom is 0.358 e. The number of esters is 1. The third kappa shape index (κ3) is 2.23. The predicted molar refractivity (Wildman–Crippen MR) is 66.0 cm³/mol.